The Kier molecular flexibility index (Phi) is 3.91. The summed E-state index contributed by atoms with van der Waals surface area (Å²) in [6.45, 7) is 3.69. The lowest BCUT2D eigenvalue weighted by molar-refractivity contribution is 0.0599. The van der Waals surface area contributed by atoms with Gasteiger partial charge in [0.05, 0.1) is 7.11 Å². The van der Waals surface area contributed by atoms with Gasteiger partial charge in [-0.15, -0.1) is 0 Å². The van der Waals surface area contributed by atoms with E-state index in [4.69, 9.17) is 10.2 Å². The lowest BCUT2D eigenvalue weighted by Gasteiger charge is -2.00. The topological polar surface area (TPSA) is 65.5 Å². The van der Waals surface area contributed by atoms with E-state index in [1.54, 1.807) is 13.0 Å². The smallest absolute Gasteiger partial charge is 0.341 e. The van der Waals surface area contributed by atoms with E-state index in [-0.39, 0.29) is 12.0 Å². The summed E-state index contributed by atoms with van der Waals surface area (Å²) >= 11 is 0. The standard InChI is InChI=1S/C11H17NO3/c1-7(12)4-5-9-6-10(8(2)15-9)11(13)14-3/h6-7H,4-5,12H2,1-3H3/t7-/m1/s1. The lowest BCUT2D eigenvalue weighted by atomic mass is 10.1. The SMILES string of the molecule is COC(=O)c1cc(CC[C@@H](C)N)oc1C. The molecule has 0 spiro atoms. The molecule has 0 aliphatic carbocycles. The van der Waals surface area contributed by atoms with Crippen LogP contribution in [-0.2, 0) is 11.2 Å². The monoisotopic (exact) mass is 211 g/mol. The van der Waals surface area contributed by atoms with Gasteiger partial charge in [-0.1, -0.05) is 0 Å². The number of furan rings is 1. The second-order valence-electron chi connectivity index (χ2n) is 3.69. The third-order valence-electron chi connectivity index (χ3n) is 2.22. The third kappa shape index (κ3) is 3.09. The fraction of sp³-hybridized carbons (Fsp3) is 0.545. The first-order valence-corrected chi connectivity index (χ1v) is 4.97. The molecule has 0 aromatic carbocycles. The molecule has 0 bridgehead atoms. The van der Waals surface area contributed by atoms with Crippen LogP contribution in [-0.4, -0.2) is 19.1 Å². The number of ether oxygens (including phenoxy) is 1. The van der Waals surface area contributed by atoms with Gasteiger partial charge in [0, 0.05) is 12.5 Å². The Balaban J connectivity index is 2.72. The second kappa shape index (κ2) is 4.98. The fourth-order valence-electron chi connectivity index (χ4n) is 1.35. The number of methoxy groups -OCH3 is 1. The van der Waals surface area contributed by atoms with Crippen LogP contribution in [0.5, 0.6) is 0 Å². The molecule has 1 heterocycles. The van der Waals surface area contributed by atoms with E-state index in [1.165, 1.54) is 7.11 Å². The van der Waals surface area contributed by atoms with E-state index in [0.29, 0.717) is 11.3 Å². The molecule has 0 radical (unpaired) electrons. The minimum absolute atomic E-state index is 0.136. The quantitative estimate of drug-likeness (QED) is 0.769. The van der Waals surface area contributed by atoms with Crippen molar-refractivity contribution in [3.05, 3.63) is 23.2 Å². The zero-order valence-electron chi connectivity index (χ0n) is 9.37. The summed E-state index contributed by atoms with van der Waals surface area (Å²) in [6.07, 6.45) is 1.59. The molecule has 0 aliphatic rings. The average molecular weight is 211 g/mol. The van der Waals surface area contributed by atoms with E-state index in [0.717, 1.165) is 18.6 Å². The summed E-state index contributed by atoms with van der Waals surface area (Å²) in [4.78, 5) is 11.3. The third-order valence-corrected chi connectivity index (χ3v) is 2.22. The molecule has 1 atom stereocenters. The van der Waals surface area contributed by atoms with Crippen molar-refractivity contribution in [3.63, 3.8) is 0 Å². The van der Waals surface area contributed by atoms with Crippen LogP contribution in [0.15, 0.2) is 10.5 Å². The number of hydrogen-bond donors (Lipinski definition) is 1. The van der Waals surface area contributed by atoms with Crippen LogP contribution in [0, 0.1) is 6.92 Å². The van der Waals surface area contributed by atoms with Crippen molar-refractivity contribution in [2.24, 2.45) is 5.73 Å². The van der Waals surface area contributed by atoms with Crippen molar-refractivity contribution in [2.45, 2.75) is 32.7 Å². The molecule has 1 rings (SSSR count). The predicted octanol–water partition coefficient (Wildman–Crippen LogP) is 1.65. The first kappa shape index (κ1) is 11.8. The number of rotatable bonds is 4. The maximum absolute atomic E-state index is 11.3. The highest BCUT2D eigenvalue weighted by molar-refractivity contribution is 5.90. The van der Waals surface area contributed by atoms with E-state index in [9.17, 15) is 4.79 Å². The minimum Gasteiger partial charge on any atom is -0.465 e. The van der Waals surface area contributed by atoms with Crippen molar-refractivity contribution in [3.8, 4) is 0 Å². The number of carbonyl (C=O) groups excluding carboxylic acids is 1. The van der Waals surface area contributed by atoms with Crippen molar-refractivity contribution in [1.82, 2.24) is 0 Å². The molecule has 4 heteroatoms. The minimum atomic E-state index is -0.358. The second-order valence-corrected chi connectivity index (χ2v) is 3.69. The summed E-state index contributed by atoms with van der Waals surface area (Å²) in [5.41, 5.74) is 6.14. The number of nitrogens with two attached hydrogens (primary N) is 1. The highest BCUT2D eigenvalue weighted by atomic mass is 16.5. The van der Waals surface area contributed by atoms with Crippen LogP contribution in [0.3, 0.4) is 0 Å². The molecule has 0 saturated carbocycles. The number of hydrogen-bond acceptors (Lipinski definition) is 4. The Bertz CT molecular complexity index is 342. The summed E-state index contributed by atoms with van der Waals surface area (Å²) in [5.74, 6) is 1.02. The first-order valence-electron chi connectivity index (χ1n) is 4.97. The van der Waals surface area contributed by atoms with Crippen molar-refractivity contribution in [2.75, 3.05) is 7.11 Å². The van der Waals surface area contributed by atoms with E-state index in [2.05, 4.69) is 4.74 Å². The zero-order chi connectivity index (χ0) is 11.4. The molecular formula is C11H17NO3. The van der Waals surface area contributed by atoms with Gasteiger partial charge in [0.1, 0.15) is 17.1 Å². The molecule has 0 fully saturated rings. The number of esters is 1. The van der Waals surface area contributed by atoms with Gasteiger partial charge in [-0.05, 0) is 26.3 Å². The van der Waals surface area contributed by atoms with Crippen LogP contribution in [0.25, 0.3) is 0 Å². The van der Waals surface area contributed by atoms with Gasteiger partial charge in [0.25, 0.3) is 0 Å². The van der Waals surface area contributed by atoms with Crippen LogP contribution < -0.4 is 5.73 Å². The molecule has 0 amide bonds. The number of aryl methyl sites for hydroxylation is 2. The van der Waals surface area contributed by atoms with Crippen molar-refractivity contribution in [1.29, 1.82) is 0 Å². The van der Waals surface area contributed by atoms with Crippen LogP contribution in [0.4, 0.5) is 0 Å². The predicted molar refractivity (Wildman–Crippen MR) is 56.8 cm³/mol. The van der Waals surface area contributed by atoms with Crippen LogP contribution in [0.1, 0.15) is 35.2 Å². The van der Waals surface area contributed by atoms with Crippen LogP contribution in [0.2, 0.25) is 0 Å². The molecule has 2 N–H and O–H groups in total. The van der Waals surface area contributed by atoms with Crippen molar-refractivity contribution < 1.29 is 13.9 Å². The number of carbonyl (C=O) groups is 1. The molecule has 15 heavy (non-hydrogen) atoms. The normalized spacial score (nSPS) is 12.5. The van der Waals surface area contributed by atoms with Gasteiger partial charge >= 0.3 is 5.97 Å². The Hall–Kier alpha value is -1.29. The summed E-state index contributed by atoms with van der Waals surface area (Å²) in [5, 5.41) is 0. The molecule has 4 nitrogen and oxygen atoms in total. The Labute approximate surface area is 89.4 Å². The molecule has 84 valence electrons. The molecule has 1 aromatic rings. The Morgan fingerprint density at radius 2 is 2.33 bits per heavy atom. The van der Waals surface area contributed by atoms with Gasteiger partial charge in [0.15, 0.2) is 0 Å². The fourth-order valence-corrected chi connectivity index (χ4v) is 1.35. The zero-order valence-corrected chi connectivity index (χ0v) is 9.37. The molecule has 0 saturated heterocycles. The highest BCUT2D eigenvalue weighted by Gasteiger charge is 2.15. The largest absolute Gasteiger partial charge is 0.465 e. The van der Waals surface area contributed by atoms with E-state index in [1.807, 2.05) is 6.92 Å². The molecule has 1 aromatic heterocycles. The summed E-state index contributed by atoms with van der Waals surface area (Å²) in [7, 11) is 1.36. The van der Waals surface area contributed by atoms with E-state index < -0.39 is 0 Å². The van der Waals surface area contributed by atoms with E-state index >= 15 is 0 Å². The lowest BCUT2D eigenvalue weighted by Crippen LogP contribution is -2.15. The van der Waals surface area contributed by atoms with Gasteiger partial charge in [0.2, 0.25) is 0 Å². The van der Waals surface area contributed by atoms with Gasteiger partial charge < -0.3 is 14.9 Å². The van der Waals surface area contributed by atoms with Crippen LogP contribution >= 0.6 is 0 Å². The Morgan fingerprint density at radius 3 is 2.87 bits per heavy atom. The highest BCUT2D eigenvalue weighted by Crippen LogP contribution is 2.17. The maximum atomic E-state index is 11.3. The summed E-state index contributed by atoms with van der Waals surface area (Å²) < 4.78 is 10.1. The average Bonchev–Trinajstić information content (AvgIpc) is 2.55. The van der Waals surface area contributed by atoms with Crippen molar-refractivity contribution >= 4 is 5.97 Å². The molecule has 0 unspecified atom stereocenters. The van der Waals surface area contributed by atoms with Gasteiger partial charge in [-0.25, -0.2) is 4.79 Å². The maximum Gasteiger partial charge on any atom is 0.341 e. The Morgan fingerprint density at radius 1 is 1.67 bits per heavy atom. The molecule has 0 aliphatic heterocycles. The summed E-state index contributed by atoms with van der Waals surface area (Å²) in [6, 6.07) is 1.86. The first-order chi connectivity index (χ1) is 7.04. The van der Waals surface area contributed by atoms with Gasteiger partial charge in [-0.2, -0.15) is 0 Å². The van der Waals surface area contributed by atoms with Gasteiger partial charge in [-0.3, -0.25) is 0 Å². The molecular weight excluding hydrogens is 194 g/mol.